The van der Waals surface area contributed by atoms with Crippen molar-refractivity contribution in [1.29, 1.82) is 0 Å². The van der Waals surface area contributed by atoms with E-state index in [0.717, 1.165) is 19.3 Å². The van der Waals surface area contributed by atoms with Gasteiger partial charge in [0.25, 0.3) is 0 Å². The van der Waals surface area contributed by atoms with E-state index in [9.17, 15) is 4.79 Å². The number of carbonyl (C=O) groups is 1. The molecule has 0 radical (unpaired) electrons. The Morgan fingerprint density at radius 2 is 2.38 bits per heavy atom. The Morgan fingerprint density at radius 3 is 3.00 bits per heavy atom. The fourth-order valence-electron chi connectivity index (χ4n) is 1.52. The van der Waals surface area contributed by atoms with Crippen LogP contribution in [0.5, 0.6) is 0 Å². The normalized spacial score (nSPS) is 12.8. The highest BCUT2D eigenvalue weighted by molar-refractivity contribution is 5.49. The van der Waals surface area contributed by atoms with Crippen LogP contribution >= 0.6 is 0 Å². The van der Waals surface area contributed by atoms with E-state index in [-0.39, 0.29) is 0 Å². The molecule has 0 amide bonds. The molecule has 0 aliphatic heterocycles. The molecular formula is C11H17NO. The maximum atomic E-state index is 10.3. The molecule has 1 rings (SSSR count). The average Bonchev–Trinajstić information content (AvgIpc) is 2.52. The van der Waals surface area contributed by atoms with Gasteiger partial charge in [0.05, 0.1) is 0 Å². The minimum atomic E-state index is 0.440. The first kappa shape index (κ1) is 10.0. The van der Waals surface area contributed by atoms with Gasteiger partial charge in [-0.15, -0.1) is 0 Å². The van der Waals surface area contributed by atoms with E-state index in [1.54, 1.807) is 0 Å². The number of rotatable bonds is 5. The standard InChI is InChI=1S/C11H17NO/c1-3-11-5-4-7-12(11)9-10(2)6-8-13/h4-5,7-8,10H,3,6,9H2,1-2H3. The molecule has 0 aromatic carbocycles. The number of hydrogen-bond donors (Lipinski definition) is 0. The van der Waals surface area contributed by atoms with Gasteiger partial charge in [0, 0.05) is 24.9 Å². The molecule has 1 atom stereocenters. The lowest BCUT2D eigenvalue weighted by Crippen LogP contribution is -2.09. The number of aldehydes is 1. The van der Waals surface area contributed by atoms with Crippen LogP contribution in [-0.2, 0) is 17.8 Å². The molecule has 1 aromatic rings. The third-order valence-corrected chi connectivity index (χ3v) is 2.29. The van der Waals surface area contributed by atoms with Crippen molar-refractivity contribution in [2.45, 2.75) is 33.2 Å². The second-order valence-corrected chi connectivity index (χ2v) is 3.51. The fourth-order valence-corrected chi connectivity index (χ4v) is 1.52. The summed E-state index contributed by atoms with van der Waals surface area (Å²) < 4.78 is 2.23. The van der Waals surface area contributed by atoms with Crippen LogP contribution in [0.3, 0.4) is 0 Å². The molecule has 0 spiro atoms. The quantitative estimate of drug-likeness (QED) is 0.635. The SMILES string of the molecule is CCc1cccn1CC(C)CC=O. The summed E-state index contributed by atoms with van der Waals surface area (Å²) in [5.74, 6) is 0.440. The third kappa shape index (κ3) is 2.72. The van der Waals surface area contributed by atoms with Gasteiger partial charge in [0.15, 0.2) is 0 Å². The zero-order valence-electron chi connectivity index (χ0n) is 8.36. The highest BCUT2D eigenvalue weighted by Crippen LogP contribution is 2.09. The van der Waals surface area contributed by atoms with Gasteiger partial charge in [-0.1, -0.05) is 13.8 Å². The van der Waals surface area contributed by atoms with Crippen LogP contribution in [0.2, 0.25) is 0 Å². The Morgan fingerprint density at radius 1 is 1.62 bits per heavy atom. The first-order chi connectivity index (χ1) is 6.27. The zero-order valence-corrected chi connectivity index (χ0v) is 8.36. The Kier molecular flexibility index (Phi) is 3.74. The van der Waals surface area contributed by atoms with Gasteiger partial charge in [-0.3, -0.25) is 0 Å². The summed E-state index contributed by atoms with van der Waals surface area (Å²) in [5.41, 5.74) is 1.35. The Hall–Kier alpha value is -1.05. The molecule has 13 heavy (non-hydrogen) atoms. The summed E-state index contributed by atoms with van der Waals surface area (Å²) in [5, 5.41) is 0. The van der Waals surface area contributed by atoms with Gasteiger partial charge in [-0.25, -0.2) is 0 Å². The fraction of sp³-hybridized carbons (Fsp3) is 0.545. The second kappa shape index (κ2) is 4.85. The summed E-state index contributed by atoms with van der Waals surface area (Å²) in [6.07, 6.45) is 4.79. The molecule has 2 nitrogen and oxygen atoms in total. The summed E-state index contributed by atoms with van der Waals surface area (Å²) in [6, 6.07) is 4.19. The molecule has 1 aromatic heterocycles. The Balaban J connectivity index is 2.57. The van der Waals surface area contributed by atoms with Gasteiger partial charge >= 0.3 is 0 Å². The lowest BCUT2D eigenvalue weighted by molar-refractivity contribution is -0.108. The van der Waals surface area contributed by atoms with Crippen molar-refractivity contribution in [2.75, 3.05) is 0 Å². The maximum Gasteiger partial charge on any atom is 0.120 e. The molecule has 0 saturated heterocycles. The Labute approximate surface area is 79.6 Å². The molecule has 1 unspecified atom stereocenters. The van der Waals surface area contributed by atoms with Crippen LogP contribution < -0.4 is 0 Å². The van der Waals surface area contributed by atoms with E-state index in [1.165, 1.54) is 5.69 Å². The van der Waals surface area contributed by atoms with Crippen molar-refractivity contribution in [2.24, 2.45) is 5.92 Å². The zero-order chi connectivity index (χ0) is 9.68. The largest absolute Gasteiger partial charge is 0.351 e. The first-order valence-corrected chi connectivity index (χ1v) is 4.85. The minimum Gasteiger partial charge on any atom is -0.351 e. The van der Waals surface area contributed by atoms with Crippen molar-refractivity contribution in [1.82, 2.24) is 4.57 Å². The van der Waals surface area contributed by atoms with Crippen molar-refractivity contribution in [3.05, 3.63) is 24.0 Å². The highest BCUT2D eigenvalue weighted by atomic mass is 16.1. The predicted molar refractivity (Wildman–Crippen MR) is 53.7 cm³/mol. The van der Waals surface area contributed by atoms with Crippen LogP contribution in [0.15, 0.2) is 18.3 Å². The van der Waals surface area contributed by atoms with Gasteiger partial charge < -0.3 is 9.36 Å². The molecular weight excluding hydrogens is 162 g/mol. The second-order valence-electron chi connectivity index (χ2n) is 3.51. The van der Waals surface area contributed by atoms with Gasteiger partial charge in [-0.2, -0.15) is 0 Å². The molecule has 72 valence electrons. The molecule has 1 heterocycles. The van der Waals surface area contributed by atoms with Crippen LogP contribution in [-0.4, -0.2) is 10.9 Å². The summed E-state index contributed by atoms with van der Waals surface area (Å²) >= 11 is 0. The van der Waals surface area contributed by atoms with E-state index in [1.807, 2.05) is 0 Å². The molecule has 0 fully saturated rings. The van der Waals surface area contributed by atoms with Crippen LogP contribution in [0, 0.1) is 5.92 Å². The topological polar surface area (TPSA) is 22.0 Å². The summed E-state index contributed by atoms with van der Waals surface area (Å²) in [7, 11) is 0. The van der Waals surface area contributed by atoms with Crippen molar-refractivity contribution < 1.29 is 4.79 Å². The average molecular weight is 179 g/mol. The lowest BCUT2D eigenvalue weighted by Gasteiger charge is -2.11. The number of aryl methyl sites for hydroxylation is 1. The van der Waals surface area contributed by atoms with Crippen LogP contribution in [0.1, 0.15) is 26.0 Å². The molecule has 0 saturated carbocycles. The molecule has 0 N–H and O–H groups in total. The third-order valence-electron chi connectivity index (χ3n) is 2.29. The molecule has 0 bridgehead atoms. The van der Waals surface area contributed by atoms with Gasteiger partial charge in [-0.05, 0) is 24.5 Å². The number of nitrogens with zero attached hydrogens (tertiary/aromatic N) is 1. The van der Waals surface area contributed by atoms with E-state index in [0.29, 0.717) is 12.3 Å². The molecule has 0 aliphatic carbocycles. The van der Waals surface area contributed by atoms with Crippen LogP contribution in [0.25, 0.3) is 0 Å². The number of hydrogen-bond acceptors (Lipinski definition) is 1. The smallest absolute Gasteiger partial charge is 0.120 e. The number of aromatic nitrogens is 1. The monoisotopic (exact) mass is 179 g/mol. The van der Waals surface area contributed by atoms with Crippen molar-refractivity contribution in [3.63, 3.8) is 0 Å². The summed E-state index contributed by atoms with van der Waals surface area (Å²) in [4.78, 5) is 10.3. The molecule has 2 heteroatoms. The highest BCUT2D eigenvalue weighted by Gasteiger charge is 2.04. The first-order valence-electron chi connectivity index (χ1n) is 4.85. The molecule has 0 aliphatic rings. The van der Waals surface area contributed by atoms with E-state index in [4.69, 9.17) is 0 Å². The number of carbonyl (C=O) groups excluding carboxylic acids is 1. The van der Waals surface area contributed by atoms with Crippen molar-refractivity contribution >= 4 is 6.29 Å². The van der Waals surface area contributed by atoms with Gasteiger partial charge in [0.2, 0.25) is 0 Å². The minimum absolute atomic E-state index is 0.440. The van der Waals surface area contributed by atoms with Gasteiger partial charge in [0.1, 0.15) is 6.29 Å². The Bertz CT molecular complexity index is 265. The van der Waals surface area contributed by atoms with Crippen LogP contribution in [0.4, 0.5) is 0 Å². The van der Waals surface area contributed by atoms with E-state index >= 15 is 0 Å². The van der Waals surface area contributed by atoms with Crippen molar-refractivity contribution in [3.8, 4) is 0 Å². The predicted octanol–water partition coefficient (Wildman–Crippen LogP) is 2.28. The van der Waals surface area contributed by atoms with E-state index in [2.05, 4.69) is 36.7 Å². The van der Waals surface area contributed by atoms with E-state index < -0.39 is 0 Å². The maximum absolute atomic E-state index is 10.3. The lowest BCUT2D eigenvalue weighted by atomic mass is 10.1. The summed E-state index contributed by atoms with van der Waals surface area (Å²) in [6.45, 7) is 5.21.